The molecule has 0 radical (unpaired) electrons. The first-order chi connectivity index (χ1) is 11.7. The number of hydrogen-bond donors (Lipinski definition) is 0. The molecular weight excluding hydrogens is 369 g/mol. The molecule has 1 aliphatic heterocycles. The first-order valence-corrected chi connectivity index (χ1v) is 12.7. The molecule has 1 aromatic rings. The zero-order valence-corrected chi connectivity index (χ0v) is 16.4. The smallest absolute Gasteiger partial charge is 0.376 e. The minimum absolute atomic E-state index is 0.302. The highest BCUT2D eigenvalue weighted by atomic mass is 32.2. The van der Waals surface area contributed by atoms with Gasteiger partial charge in [0.2, 0.25) is 0 Å². The van der Waals surface area contributed by atoms with Crippen LogP contribution in [0.2, 0.25) is 18.1 Å². The van der Waals surface area contributed by atoms with Gasteiger partial charge in [0.1, 0.15) is 5.75 Å². The molecule has 0 bridgehead atoms. The van der Waals surface area contributed by atoms with Gasteiger partial charge in [-0.15, -0.1) is 0 Å². The Kier molecular flexibility index (Phi) is 6.96. The molecule has 25 heavy (non-hydrogen) atoms. The summed E-state index contributed by atoms with van der Waals surface area (Å²) in [5, 5.41) is 0. The van der Waals surface area contributed by atoms with Crippen molar-refractivity contribution in [2.45, 2.75) is 68.6 Å². The van der Waals surface area contributed by atoms with E-state index in [9.17, 15) is 21.6 Å². The summed E-state index contributed by atoms with van der Waals surface area (Å²) in [7, 11) is -6.21. The minimum Gasteiger partial charge on any atom is -0.376 e. The standard InChI is InChI=1S/C17H25F3O3SSi/c1-2-3-4-11-25-12-9-15(10-13-25)14-5-7-16(8-6-14)23-24(21,22)17(18,19)20/h5-8,15,25H,2-4,9-13H2,1H3/t15-,25-. The number of halogens is 3. The van der Waals surface area contributed by atoms with E-state index in [0.29, 0.717) is 5.92 Å². The Morgan fingerprint density at radius 1 is 1.12 bits per heavy atom. The molecular formula is C17H25F3O3SSi. The molecule has 1 heterocycles. The number of benzene rings is 1. The van der Waals surface area contributed by atoms with Crippen molar-refractivity contribution in [2.75, 3.05) is 0 Å². The second-order valence-corrected chi connectivity index (χ2v) is 11.8. The highest BCUT2D eigenvalue weighted by Crippen LogP contribution is 2.36. The van der Waals surface area contributed by atoms with Gasteiger partial charge in [-0.25, -0.2) is 0 Å². The van der Waals surface area contributed by atoms with Crippen molar-refractivity contribution in [2.24, 2.45) is 0 Å². The molecule has 8 heteroatoms. The van der Waals surface area contributed by atoms with Gasteiger partial charge in [-0.2, -0.15) is 21.6 Å². The van der Waals surface area contributed by atoms with E-state index >= 15 is 0 Å². The van der Waals surface area contributed by atoms with E-state index < -0.39 is 24.4 Å². The predicted octanol–water partition coefficient (Wildman–Crippen LogP) is 5.21. The summed E-state index contributed by atoms with van der Waals surface area (Å²) in [6.45, 7) is 2.21. The third-order valence-corrected chi connectivity index (χ3v) is 9.41. The molecule has 1 aliphatic rings. The van der Waals surface area contributed by atoms with Gasteiger partial charge in [-0.05, 0) is 36.5 Å². The van der Waals surface area contributed by atoms with Gasteiger partial charge in [0.25, 0.3) is 0 Å². The molecule has 0 aromatic heterocycles. The highest BCUT2D eigenvalue weighted by Gasteiger charge is 2.48. The topological polar surface area (TPSA) is 43.4 Å². The molecule has 0 unspecified atom stereocenters. The monoisotopic (exact) mass is 394 g/mol. The molecule has 0 spiro atoms. The second kappa shape index (κ2) is 8.57. The van der Waals surface area contributed by atoms with Gasteiger partial charge < -0.3 is 4.18 Å². The van der Waals surface area contributed by atoms with Gasteiger partial charge in [-0.3, -0.25) is 0 Å². The lowest BCUT2D eigenvalue weighted by Gasteiger charge is -2.28. The molecule has 0 amide bonds. The second-order valence-electron chi connectivity index (χ2n) is 6.77. The lowest BCUT2D eigenvalue weighted by atomic mass is 9.93. The van der Waals surface area contributed by atoms with Crippen LogP contribution < -0.4 is 4.18 Å². The van der Waals surface area contributed by atoms with Crippen molar-refractivity contribution in [1.82, 2.24) is 0 Å². The maximum Gasteiger partial charge on any atom is 0.534 e. The van der Waals surface area contributed by atoms with Crippen LogP contribution in [0.3, 0.4) is 0 Å². The fourth-order valence-electron chi connectivity index (χ4n) is 3.44. The van der Waals surface area contributed by atoms with E-state index in [0.717, 1.165) is 18.4 Å². The van der Waals surface area contributed by atoms with Crippen LogP contribution in [0.25, 0.3) is 0 Å². The largest absolute Gasteiger partial charge is 0.534 e. The molecule has 2 rings (SSSR count). The van der Waals surface area contributed by atoms with Crippen molar-refractivity contribution < 1.29 is 25.8 Å². The van der Waals surface area contributed by atoms with Crippen molar-refractivity contribution in [3.05, 3.63) is 29.8 Å². The Morgan fingerprint density at radius 3 is 2.24 bits per heavy atom. The van der Waals surface area contributed by atoms with Gasteiger partial charge in [0.05, 0.1) is 0 Å². The quantitative estimate of drug-likeness (QED) is 0.276. The Bertz CT molecular complexity index is 636. The van der Waals surface area contributed by atoms with Crippen LogP contribution in [-0.4, -0.2) is 22.7 Å². The zero-order chi connectivity index (χ0) is 18.5. The summed E-state index contributed by atoms with van der Waals surface area (Å²) < 4.78 is 63.1. The van der Waals surface area contributed by atoms with E-state index in [2.05, 4.69) is 11.1 Å². The maximum absolute atomic E-state index is 12.3. The Balaban J connectivity index is 1.89. The van der Waals surface area contributed by atoms with E-state index in [-0.39, 0.29) is 5.75 Å². The van der Waals surface area contributed by atoms with Crippen LogP contribution in [-0.2, 0) is 10.1 Å². The van der Waals surface area contributed by atoms with Crippen LogP contribution in [0.4, 0.5) is 13.2 Å². The van der Waals surface area contributed by atoms with Crippen molar-refractivity contribution in [3.63, 3.8) is 0 Å². The van der Waals surface area contributed by atoms with Crippen LogP contribution in [0, 0.1) is 0 Å². The minimum atomic E-state index is -5.60. The van der Waals surface area contributed by atoms with Gasteiger partial charge in [0.15, 0.2) is 0 Å². The predicted molar refractivity (Wildman–Crippen MR) is 95.1 cm³/mol. The Labute approximate surface area is 149 Å². The molecule has 0 atom stereocenters. The summed E-state index contributed by atoms with van der Waals surface area (Å²) in [5.41, 5.74) is -4.36. The van der Waals surface area contributed by atoms with Gasteiger partial charge >= 0.3 is 15.6 Å². The Morgan fingerprint density at radius 2 is 1.72 bits per heavy atom. The molecule has 1 aromatic carbocycles. The third kappa shape index (κ3) is 5.74. The molecule has 0 saturated carbocycles. The van der Waals surface area contributed by atoms with E-state index in [4.69, 9.17) is 0 Å². The van der Waals surface area contributed by atoms with Crippen LogP contribution in [0.5, 0.6) is 5.75 Å². The van der Waals surface area contributed by atoms with Crippen LogP contribution in [0.15, 0.2) is 24.3 Å². The van der Waals surface area contributed by atoms with Crippen molar-refractivity contribution in [3.8, 4) is 5.75 Å². The molecule has 142 valence electrons. The highest BCUT2D eigenvalue weighted by molar-refractivity contribution is 7.88. The lowest BCUT2D eigenvalue weighted by Crippen LogP contribution is -2.28. The van der Waals surface area contributed by atoms with E-state index in [1.165, 1.54) is 49.5 Å². The normalized spacial score (nSPS) is 21.9. The number of unbranched alkanes of at least 4 members (excludes halogenated alkanes) is 2. The lowest BCUT2D eigenvalue weighted by molar-refractivity contribution is -0.0500. The fraction of sp³-hybridized carbons (Fsp3) is 0.647. The molecule has 0 N–H and O–H groups in total. The van der Waals surface area contributed by atoms with E-state index in [1.54, 1.807) is 12.1 Å². The fourth-order valence-corrected chi connectivity index (χ4v) is 7.38. The summed E-state index contributed by atoms with van der Waals surface area (Å²) in [6.07, 6.45) is 6.17. The van der Waals surface area contributed by atoms with Crippen LogP contribution >= 0.6 is 0 Å². The van der Waals surface area contributed by atoms with E-state index in [1.807, 2.05) is 0 Å². The first kappa shape index (κ1) is 20.3. The van der Waals surface area contributed by atoms with Gasteiger partial charge in [0, 0.05) is 8.80 Å². The average molecular weight is 395 g/mol. The molecule has 0 aliphatic carbocycles. The molecule has 3 nitrogen and oxygen atoms in total. The summed E-state index contributed by atoms with van der Waals surface area (Å²) in [6, 6.07) is 10.0. The van der Waals surface area contributed by atoms with Crippen LogP contribution in [0.1, 0.15) is 50.5 Å². The number of rotatable bonds is 7. The number of alkyl halides is 3. The summed E-state index contributed by atoms with van der Waals surface area (Å²) in [4.78, 5) is 0. The SMILES string of the molecule is CCCCC[Si@H]1CC[C@H](c2ccc(OS(=O)(=O)C(F)(F)F)cc2)CC1. The average Bonchev–Trinajstić information content (AvgIpc) is 2.55. The van der Waals surface area contributed by atoms with Crippen molar-refractivity contribution >= 4 is 18.9 Å². The number of hydrogen-bond acceptors (Lipinski definition) is 3. The Hall–Kier alpha value is -1.02. The summed E-state index contributed by atoms with van der Waals surface area (Å²) >= 11 is 0. The summed E-state index contributed by atoms with van der Waals surface area (Å²) in [5.74, 6) is 0.117. The third-order valence-electron chi connectivity index (χ3n) is 4.90. The van der Waals surface area contributed by atoms with Gasteiger partial charge in [-0.1, -0.05) is 56.5 Å². The zero-order valence-electron chi connectivity index (χ0n) is 14.4. The molecule has 1 saturated heterocycles. The maximum atomic E-state index is 12.3. The van der Waals surface area contributed by atoms with Crippen molar-refractivity contribution in [1.29, 1.82) is 0 Å². The molecule has 1 fully saturated rings. The first-order valence-electron chi connectivity index (χ1n) is 8.83.